The minimum atomic E-state index is -0.407. The summed E-state index contributed by atoms with van der Waals surface area (Å²) in [5, 5.41) is 2.00. The summed E-state index contributed by atoms with van der Waals surface area (Å²) >= 11 is 0. The molecule has 4 aromatic rings. The van der Waals surface area contributed by atoms with Gasteiger partial charge in [0.2, 0.25) is 0 Å². The van der Waals surface area contributed by atoms with Crippen LogP contribution < -0.4 is 11.3 Å². The first-order valence-corrected chi connectivity index (χ1v) is 7.67. The van der Waals surface area contributed by atoms with Crippen molar-refractivity contribution >= 4 is 27.7 Å². The van der Waals surface area contributed by atoms with Crippen LogP contribution in [0.1, 0.15) is 16.1 Å². The van der Waals surface area contributed by atoms with Crippen LogP contribution in [-0.2, 0) is 0 Å². The van der Waals surface area contributed by atoms with Crippen LogP contribution in [0.5, 0.6) is 0 Å². The number of amides is 1. The lowest BCUT2D eigenvalue weighted by Gasteiger charge is -2.07. The number of rotatable bonds is 2. The lowest BCUT2D eigenvalue weighted by Crippen LogP contribution is -2.30. The molecule has 4 rings (SSSR count). The van der Waals surface area contributed by atoms with Gasteiger partial charge < -0.3 is 4.98 Å². The van der Waals surface area contributed by atoms with Gasteiger partial charge in [-0.05, 0) is 19.1 Å². The van der Waals surface area contributed by atoms with Crippen molar-refractivity contribution in [3.63, 3.8) is 0 Å². The fourth-order valence-electron chi connectivity index (χ4n) is 2.96. The number of nitrogen functional groups attached to an aromatic ring is 1. The van der Waals surface area contributed by atoms with E-state index in [-0.39, 0.29) is 0 Å². The molecule has 5 heteroatoms. The Labute approximate surface area is 138 Å². The van der Waals surface area contributed by atoms with Crippen LogP contribution in [0.4, 0.5) is 0 Å². The van der Waals surface area contributed by atoms with Gasteiger partial charge in [0, 0.05) is 21.9 Å². The van der Waals surface area contributed by atoms with E-state index in [1.165, 1.54) is 5.56 Å². The number of aromatic nitrogens is 2. The second-order valence-electron chi connectivity index (χ2n) is 5.79. The van der Waals surface area contributed by atoms with Crippen LogP contribution in [0, 0.1) is 6.92 Å². The van der Waals surface area contributed by atoms with Crippen molar-refractivity contribution in [1.29, 1.82) is 0 Å². The molecule has 5 nitrogen and oxygen atoms in total. The lowest BCUT2D eigenvalue weighted by atomic mass is 10.1. The highest BCUT2D eigenvalue weighted by atomic mass is 16.2. The molecule has 0 bridgehead atoms. The Morgan fingerprint density at radius 1 is 1.08 bits per heavy atom. The number of carbonyl (C=O) groups excluding carboxylic acids is 1. The van der Waals surface area contributed by atoms with Gasteiger partial charge in [0.05, 0.1) is 11.2 Å². The number of hydrogen-bond acceptors (Lipinski definition) is 3. The molecule has 0 saturated heterocycles. The van der Waals surface area contributed by atoms with E-state index in [4.69, 9.17) is 5.84 Å². The maximum absolute atomic E-state index is 12.0. The normalized spacial score (nSPS) is 11.1. The van der Waals surface area contributed by atoms with E-state index in [9.17, 15) is 4.79 Å². The third kappa shape index (κ3) is 2.23. The molecule has 2 aromatic heterocycles. The zero-order valence-electron chi connectivity index (χ0n) is 13.1. The van der Waals surface area contributed by atoms with E-state index in [0.29, 0.717) is 5.69 Å². The largest absolute Gasteiger partial charge is 0.353 e. The van der Waals surface area contributed by atoms with Crippen molar-refractivity contribution in [1.82, 2.24) is 15.4 Å². The molecule has 0 fully saturated rings. The molecule has 4 N–H and O–H groups in total. The first kappa shape index (κ1) is 14.4. The highest BCUT2D eigenvalue weighted by Gasteiger charge is 2.16. The third-order valence-corrected chi connectivity index (χ3v) is 4.19. The molecule has 0 aliphatic rings. The van der Waals surface area contributed by atoms with Crippen LogP contribution in [-0.4, -0.2) is 15.9 Å². The topological polar surface area (TPSA) is 83.8 Å². The molecule has 0 unspecified atom stereocenters. The van der Waals surface area contributed by atoms with Gasteiger partial charge in [0.15, 0.2) is 0 Å². The van der Waals surface area contributed by atoms with Crippen molar-refractivity contribution in [3.8, 4) is 11.3 Å². The van der Waals surface area contributed by atoms with Crippen molar-refractivity contribution in [3.05, 3.63) is 65.9 Å². The van der Waals surface area contributed by atoms with Crippen molar-refractivity contribution in [2.24, 2.45) is 5.84 Å². The summed E-state index contributed by atoms with van der Waals surface area (Å²) in [5.74, 6) is 4.89. The second-order valence-corrected chi connectivity index (χ2v) is 5.79. The van der Waals surface area contributed by atoms with Crippen LogP contribution in [0.15, 0.2) is 54.6 Å². The van der Waals surface area contributed by atoms with Crippen molar-refractivity contribution in [2.75, 3.05) is 0 Å². The number of hydrazine groups is 1. The summed E-state index contributed by atoms with van der Waals surface area (Å²) in [6.45, 7) is 2.04. The van der Waals surface area contributed by atoms with Gasteiger partial charge in [-0.15, -0.1) is 0 Å². The van der Waals surface area contributed by atoms with E-state index in [1.54, 1.807) is 6.07 Å². The van der Waals surface area contributed by atoms with Crippen LogP contribution in [0.25, 0.3) is 33.1 Å². The summed E-state index contributed by atoms with van der Waals surface area (Å²) in [6.07, 6.45) is 0. The average Bonchev–Trinajstić information content (AvgIpc) is 2.99. The average molecular weight is 316 g/mol. The number of benzene rings is 2. The Bertz CT molecular complexity index is 1060. The molecular weight excluding hydrogens is 300 g/mol. The number of aryl methyl sites for hydroxylation is 1. The second kappa shape index (κ2) is 5.47. The Morgan fingerprint density at radius 2 is 1.83 bits per heavy atom. The van der Waals surface area contributed by atoms with E-state index < -0.39 is 5.91 Å². The van der Waals surface area contributed by atoms with Crippen LogP contribution in [0.2, 0.25) is 0 Å². The van der Waals surface area contributed by atoms with Gasteiger partial charge in [-0.2, -0.15) is 0 Å². The van der Waals surface area contributed by atoms with Crippen molar-refractivity contribution < 1.29 is 4.79 Å². The van der Waals surface area contributed by atoms with E-state index in [0.717, 1.165) is 33.1 Å². The van der Waals surface area contributed by atoms with E-state index in [2.05, 4.69) is 15.4 Å². The van der Waals surface area contributed by atoms with E-state index in [1.807, 2.05) is 55.5 Å². The Kier molecular flexibility index (Phi) is 3.29. The molecular formula is C19H16N4O. The zero-order chi connectivity index (χ0) is 16.7. The summed E-state index contributed by atoms with van der Waals surface area (Å²) in [6, 6.07) is 17.8. The quantitative estimate of drug-likeness (QED) is 0.301. The number of para-hydroxylation sites is 1. The van der Waals surface area contributed by atoms with Gasteiger partial charge in [-0.25, -0.2) is 10.8 Å². The van der Waals surface area contributed by atoms with Crippen LogP contribution in [0.3, 0.4) is 0 Å². The Balaban J connectivity index is 2.09. The monoisotopic (exact) mass is 316 g/mol. The summed E-state index contributed by atoms with van der Waals surface area (Å²) in [5.41, 5.74) is 7.23. The standard InChI is InChI=1S/C19H16N4O/c1-11-6-8-12(9-7-11)17-18-14(10-16(22-17)19(24)23-20)13-4-2-3-5-15(13)21-18/h2-10,21H,20H2,1H3,(H,23,24). The first-order chi connectivity index (χ1) is 11.7. The smallest absolute Gasteiger partial charge is 0.283 e. The minimum absolute atomic E-state index is 0.297. The predicted octanol–water partition coefficient (Wildman–Crippen LogP) is 3.30. The summed E-state index contributed by atoms with van der Waals surface area (Å²) in [7, 11) is 0. The van der Waals surface area contributed by atoms with Gasteiger partial charge in [-0.3, -0.25) is 10.2 Å². The first-order valence-electron chi connectivity index (χ1n) is 7.67. The van der Waals surface area contributed by atoms with Crippen molar-refractivity contribution in [2.45, 2.75) is 6.92 Å². The number of aromatic amines is 1. The number of nitrogens with one attached hydrogen (secondary N) is 2. The fourth-order valence-corrected chi connectivity index (χ4v) is 2.96. The summed E-state index contributed by atoms with van der Waals surface area (Å²) in [4.78, 5) is 20.0. The predicted molar refractivity (Wildman–Crippen MR) is 95.4 cm³/mol. The molecule has 0 atom stereocenters. The maximum atomic E-state index is 12.0. The number of nitrogens with zero attached hydrogens (tertiary/aromatic N) is 1. The zero-order valence-corrected chi connectivity index (χ0v) is 13.1. The Hall–Kier alpha value is -3.18. The SMILES string of the molecule is Cc1ccc(-c2nc(C(=O)NN)cc3c2[nH]c2ccccc23)cc1. The summed E-state index contributed by atoms with van der Waals surface area (Å²) < 4.78 is 0. The maximum Gasteiger partial charge on any atom is 0.283 e. The number of hydrogen-bond donors (Lipinski definition) is 3. The van der Waals surface area contributed by atoms with Gasteiger partial charge in [0.1, 0.15) is 5.69 Å². The number of nitrogens with two attached hydrogens (primary N) is 1. The number of pyridine rings is 1. The van der Waals surface area contributed by atoms with Gasteiger partial charge in [0.25, 0.3) is 5.91 Å². The molecule has 0 aliphatic heterocycles. The lowest BCUT2D eigenvalue weighted by molar-refractivity contribution is 0.0949. The molecule has 0 saturated carbocycles. The minimum Gasteiger partial charge on any atom is -0.353 e. The molecule has 1 amide bonds. The number of H-pyrrole nitrogens is 1. The molecule has 0 aliphatic carbocycles. The highest BCUT2D eigenvalue weighted by molar-refractivity contribution is 6.13. The highest BCUT2D eigenvalue weighted by Crippen LogP contribution is 2.32. The van der Waals surface area contributed by atoms with Crippen LogP contribution >= 0.6 is 0 Å². The van der Waals surface area contributed by atoms with E-state index >= 15 is 0 Å². The molecule has 118 valence electrons. The molecule has 2 heterocycles. The number of carbonyl (C=O) groups is 1. The fraction of sp³-hybridized carbons (Fsp3) is 0.0526. The Morgan fingerprint density at radius 3 is 2.58 bits per heavy atom. The molecule has 24 heavy (non-hydrogen) atoms. The van der Waals surface area contributed by atoms with Gasteiger partial charge >= 0.3 is 0 Å². The molecule has 0 spiro atoms. The third-order valence-electron chi connectivity index (χ3n) is 4.19. The van der Waals surface area contributed by atoms with Gasteiger partial charge in [-0.1, -0.05) is 48.0 Å². The molecule has 0 radical (unpaired) electrons. The number of fused-ring (bicyclic) bond motifs is 3. The molecule has 2 aromatic carbocycles.